The highest BCUT2D eigenvalue weighted by Gasteiger charge is 2.28. The van der Waals surface area contributed by atoms with E-state index < -0.39 is 9.84 Å². The summed E-state index contributed by atoms with van der Waals surface area (Å²) in [5.74, 6) is 2.06. The topological polar surface area (TPSA) is 75.3 Å². The summed E-state index contributed by atoms with van der Waals surface area (Å²) in [5, 5.41) is 5.78. The molecular formula is C17H32N2O3S. The molecule has 134 valence electrons. The molecular weight excluding hydrogens is 312 g/mol. The Morgan fingerprint density at radius 1 is 0.957 bits per heavy atom. The third kappa shape index (κ3) is 6.69. The molecule has 1 saturated heterocycles. The maximum atomic E-state index is 11.8. The van der Waals surface area contributed by atoms with Gasteiger partial charge in [-0.2, -0.15) is 0 Å². The third-order valence-corrected chi connectivity index (χ3v) is 7.20. The van der Waals surface area contributed by atoms with Gasteiger partial charge in [-0.15, -0.1) is 0 Å². The van der Waals surface area contributed by atoms with E-state index in [0.717, 1.165) is 12.5 Å². The summed E-state index contributed by atoms with van der Waals surface area (Å²) >= 11 is 0. The molecule has 2 fully saturated rings. The number of unbranched alkanes of at least 4 members (excludes halogenated alkanes) is 1. The fourth-order valence-electron chi connectivity index (χ4n) is 3.79. The van der Waals surface area contributed by atoms with Gasteiger partial charge in [0, 0.05) is 13.1 Å². The highest BCUT2D eigenvalue weighted by atomic mass is 32.2. The zero-order valence-corrected chi connectivity index (χ0v) is 15.2. The molecule has 1 aliphatic carbocycles. The average Bonchev–Trinajstić information content (AvgIpc) is 2.89. The second-order valence-corrected chi connectivity index (χ2v) is 9.62. The Morgan fingerprint density at radius 2 is 1.57 bits per heavy atom. The van der Waals surface area contributed by atoms with Crippen LogP contribution in [0.25, 0.3) is 0 Å². The first-order valence-electron chi connectivity index (χ1n) is 9.20. The van der Waals surface area contributed by atoms with Crippen molar-refractivity contribution in [3.63, 3.8) is 0 Å². The van der Waals surface area contributed by atoms with E-state index in [9.17, 15) is 13.2 Å². The Morgan fingerprint density at radius 3 is 2.13 bits per heavy atom. The van der Waals surface area contributed by atoms with Crippen molar-refractivity contribution in [3.8, 4) is 0 Å². The summed E-state index contributed by atoms with van der Waals surface area (Å²) in [6, 6.07) is -0.151. The largest absolute Gasteiger partial charge is 0.338 e. The van der Waals surface area contributed by atoms with Crippen molar-refractivity contribution >= 4 is 15.9 Å². The maximum absolute atomic E-state index is 11.8. The van der Waals surface area contributed by atoms with E-state index in [2.05, 4.69) is 17.6 Å². The van der Waals surface area contributed by atoms with E-state index in [0.29, 0.717) is 18.9 Å². The minimum atomic E-state index is -2.86. The van der Waals surface area contributed by atoms with Gasteiger partial charge in [0.15, 0.2) is 9.84 Å². The van der Waals surface area contributed by atoms with E-state index in [1.165, 1.54) is 44.9 Å². The number of sulfone groups is 1. The SMILES string of the molecule is CCCCC1CCC(CNC(=O)NCC2CCS(=O)(=O)C2)CC1. The van der Waals surface area contributed by atoms with Crippen LogP contribution >= 0.6 is 0 Å². The molecule has 1 saturated carbocycles. The zero-order valence-electron chi connectivity index (χ0n) is 14.4. The predicted molar refractivity (Wildman–Crippen MR) is 93.1 cm³/mol. The highest BCUT2D eigenvalue weighted by molar-refractivity contribution is 7.91. The summed E-state index contributed by atoms with van der Waals surface area (Å²) in [6.07, 6.45) is 9.69. The number of hydrogen-bond donors (Lipinski definition) is 2. The predicted octanol–water partition coefficient (Wildman–Crippen LogP) is 2.72. The summed E-state index contributed by atoms with van der Waals surface area (Å²) in [5.41, 5.74) is 0. The van der Waals surface area contributed by atoms with Crippen molar-refractivity contribution in [2.24, 2.45) is 17.8 Å². The summed E-state index contributed by atoms with van der Waals surface area (Å²) in [7, 11) is -2.86. The van der Waals surface area contributed by atoms with Crippen LogP contribution in [-0.2, 0) is 9.84 Å². The molecule has 2 N–H and O–H groups in total. The second-order valence-electron chi connectivity index (χ2n) is 7.39. The van der Waals surface area contributed by atoms with Crippen molar-refractivity contribution in [1.29, 1.82) is 0 Å². The van der Waals surface area contributed by atoms with E-state index in [1.54, 1.807) is 0 Å². The van der Waals surface area contributed by atoms with Crippen molar-refractivity contribution in [3.05, 3.63) is 0 Å². The van der Waals surface area contributed by atoms with Gasteiger partial charge in [0.2, 0.25) is 0 Å². The number of urea groups is 1. The smallest absolute Gasteiger partial charge is 0.314 e. The van der Waals surface area contributed by atoms with E-state index in [4.69, 9.17) is 0 Å². The van der Waals surface area contributed by atoms with Crippen LogP contribution in [-0.4, -0.2) is 39.0 Å². The second kappa shape index (κ2) is 8.90. The Labute approximate surface area is 140 Å². The first-order chi connectivity index (χ1) is 11.0. The van der Waals surface area contributed by atoms with Crippen molar-refractivity contribution in [2.75, 3.05) is 24.6 Å². The van der Waals surface area contributed by atoms with Crippen LogP contribution in [0.4, 0.5) is 4.79 Å². The number of nitrogens with one attached hydrogen (secondary N) is 2. The molecule has 0 aromatic carbocycles. The van der Waals surface area contributed by atoms with Gasteiger partial charge in [-0.25, -0.2) is 13.2 Å². The molecule has 0 radical (unpaired) electrons. The molecule has 23 heavy (non-hydrogen) atoms. The van der Waals surface area contributed by atoms with Gasteiger partial charge < -0.3 is 10.6 Å². The molecule has 1 unspecified atom stereocenters. The quantitative estimate of drug-likeness (QED) is 0.745. The minimum Gasteiger partial charge on any atom is -0.338 e. The number of carbonyl (C=O) groups excluding carboxylic acids is 1. The summed E-state index contributed by atoms with van der Waals surface area (Å²) in [4.78, 5) is 11.8. The molecule has 1 heterocycles. The normalized spacial score (nSPS) is 30.0. The van der Waals surface area contributed by atoms with Gasteiger partial charge in [-0.1, -0.05) is 39.0 Å². The third-order valence-electron chi connectivity index (χ3n) is 5.36. The molecule has 0 bridgehead atoms. The lowest BCUT2D eigenvalue weighted by molar-refractivity contribution is 0.227. The molecule has 1 aliphatic heterocycles. The molecule has 5 nitrogen and oxygen atoms in total. The maximum Gasteiger partial charge on any atom is 0.314 e. The lowest BCUT2D eigenvalue weighted by atomic mass is 9.80. The van der Waals surface area contributed by atoms with Crippen LogP contribution in [0, 0.1) is 17.8 Å². The van der Waals surface area contributed by atoms with Gasteiger partial charge in [-0.3, -0.25) is 0 Å². The number of hydrogen-bond acceptors (Lipinski definition) is 3. The summed E-state index contributed by atoms with van der Waals surface area (Å²) in [6.45, 7) is 3.46. The molecule has 0 aromatic rings. The molecule has 0 spiro atoms. The van der Waals surface area contributed by atoms with Gasteiger partial charge >= 0.3 is 6.03 Å². The van der Waals surface area contributed by atoms with Gasteiger partial charge in [0.25, 0.3) is 0 Å². The van der Waals surface area contributed by atoms with Gasteiger partial charge in [0.1, 0.15) is 0 Å². The van der Waals surface area contributed by atoms with Crippen molar-refractivity contribution < 1.29 is 13.2 Å². The van der Waals surface area contributed by atoms with Crippen molar-refractivity contribution in [1.82, 2.24) is 10.6 Å². The van der Waals surface area contributed by atoms with E-state index in [1.807, 2.05) is 0 Å². The lowest BCUT2D eigenvalue weighted by Crippen LogP contribution is -2.41. The van der Waals surface area contributed by atoms with Gasteiger partial charge in [0.05, 0.1) is 11.5 Å². The van der Waals surface area contributed by atoms with Crippen LogP contribution in [0.5, 0.6) is 0 Å². The van der Waals surface area contributed by atoms with Crippen LogP contribution in [0.15, 0.2) is 0 Å². The van der Waals surface area contributed by atoms with Crippen LogP contribution in [0.3, 0.4) is 0 Å². The number of rotatable bonds is 7. The monoisotopic (exact) mass is 344 g/mol. The zero-order chi connectivity index (χ0) is 16.7. The molecule has 6 heteroatoms. The Hall–Kier alpha value is -0.780. The lowest BCUT2D eigenvalue weighted by Gasteiger charge is -2.28. The van der Waals surface area contributed by atoms with Crippen molar-refractivity contribution in [2.45, 2.75) is 58.3 Å². The first-order valence-corrected chi connectivity index (χ1v) is 11.0. The molecule has 1 atom stereocenters. The molecule has 2 aliphatic rings. The summed E-state index contributed by atoms with van der Waals surface area (Å²) < 4.78 is 22.8. The molecule has 2 amide bonds. The molecule has 0 aromatic heterocycles. The standard InChI is InChI=1S/C17H32N2O3S/c1-2-3-4-14-5-7-15(8-6-14)11-18-17(20)19-12-16-9-10-23(21,22)13-16/h14-16H,2-13H2,1H3,(H2,18,19,20). The fraction of sp³-hybridized carbons (Fsp3) is 0.941. The number of carbonyl (C=O) groups is 1. The van der Waals surface area contributed by atoms with Gasteiger partial charge in [-0.05, 0) is 37.0 Å². The number of amides is 2. The Kier molecular flexibility index (Phi) is 7.18. The molecule has 2 rings (SSSR count). The fourth-order valence-corrected chi connectivity index (χ4v) is 5.65. The first kappa shape index (κ1) is 18.6. The Balaban J connectivity index is 1.55. The Bertz CT molecular complexity index is 470. The van der Waals surface area contributed by atoms with E-state index >= 15 is 0 Å². The van der Waals surface area contributed by atoms with Crippen LogP contribution in [0.2, 0.25) is 0 Å². The highest BCUT2D eigenvalue weighted by Crippen LogP contribution is 2.31. The van der Waals surface area contributed by atoms with Crippen LogP contribution < -0.4 is 10.6 Å². The van der Waals surface area contributed by atoms with E-state index in [-0.39, 0.29) is 23.5 Å². The van der Waals surface area contributed by atoms with Crippen LogP contribution in [0.1, 0.15) is 58.3 Å². The minimum absolute atomic E-state index is 0.0831. The average molecular weight is 345 g/mol.